The van der Waals surface area contributed by atoms with E-state index < -0.39 is 34.9 Å². The summed E-state index contributed by atoms with van der Waals surface area (Å²) in [6.07, 6.45) is 12.5. The van der Waals surface area contributed by atoms with Crippen LogP contribution in [0.2, 0.25) is 0 Å². The van der Waals surface area contributed by atoms with Gasteiger partial charge in [-0.3, -0.25) is 9.98 Å². The first-order valence-electron chi connectivity index (χ1n) is 19.2. The number of unbranched alkanes of at least 4 members (excludes halogenated alkanes) is 5. The number of para-hydroxylation sites is 2. The zero-order chi connectivity index (χ0) is 40.6. The first-order valence-corrected chi connectivity index (χ1v) is 19.2. The summed E-state index contributed by atoms with van der Waals surface area (Å²) in [5.41, 5.74) is 4.72. The molecule has 0 fully saturated rings. The number of aliphatic imine (C=N–C) groups is 2. The van der Waals surface area contributed by atoms with Crippen molar-refractivity contribution in [3.63, 3.8) is 0 Å². The van der Waals surface area contributed by atoms with Crippen LogP contribution in [-0.2, 0) is 29.3 Å². The summed E-state index contributed by atoms with van der Waals surface area (Å²) in [6.45, 7) is 8.44. The fraction of sp³-hybridized carbons (Fsp3) is 0.378. The molecule has 0 spiro atoms. The van der Waals surface area contributed by atoms with Crippen LogP contribution in [0.15, 0.2) is 94.9 Å². The van der Waals surface area contributed by atoms with Gasteiger partial charge < -0.3 is 40.2 Å². The molecule has 0 atom stereocenters. The first-order chi connectivity index (χ1) is 26.5. The number of nitrogens with zero attached hydrogens (tertiary/aromatic N) is 2. The monoisotopic (exact) mass is 810 g/mol. The van der Waals surface area contributed by atoms with E-state index >= 15 is 0 Å². The van der Waals surface area contributed by atoms with Gasteiger partial charge in [0.1, 0.15) is 0 Å². The molecule has 4 aromatic carbocycles. The summed E-state index contributed by atoms with van der Waals surface area (Å²) in [7, 11) is 0. The van der Waals surface area contributed by atoms with Gasteiger partial charge in [-0.1, -0.05) is 108 Å². The molecular weight excluding hydrogens is 755 g/mol. The molecule has 11 heteroatoms. The molecule has 4 N–H and O–H groups in total. The van der Waals surface area contributed by atoms with Gasteiger partial charge in [-0.05, 0) is 98.9 Å². The zero-order valence-electron chi connectivity index (χ0n) is 32.9. The number of aryl methyl sites for hydroxylation is 2. The van der Waals surface area contributed by atoms with Crippen molar-refractivity contribution in [3.05, 3.63) is 107 Å². The van der Waals surface area contributed by atoms with Gasteiger partial charge in [-0.25, -0.2) is 0 Å². The zero-order valence-corrected chi connectivity index (χ0v) is 33.9. The third-order valence-corrected chi connectivity index (χ3v) is 8.65. The molecule has 0 aliphatic carbocycles. The number of aromatic carboxylic acids is 2. The second-order valence-corrected chi connectivity index (χ2v) is 13.1. The number of aromatic hydroxyl groups is 4. The van der Waals surface area contributed by atoms with Crippen molar-refractivity contribution in [3.8, 4) is 23.0 Å². The molecule has 0 saturated carbocycles. The van der Waals surface area contributed by atoms with Crippen LogP contribution in [0.4, 0.5) is 11.4 Å². The van der Waals surface area contributed by atoms with Crippen LogP contribution in [0.5, 0.6) is 23.0 Å². The SMILES string of the molecule is CCCCCC(=Nc1ccccc1)C(CCCC)=Nc1ccccc1.CCCCc1ccc(O)c(O)c1C(=O)[O-].CCCCc1ccc(O)c(O)c1C(=O)[O-].[Ni+2]. The molecule has 10 nitrogen and oxygen atoms in total. The van der Waals surface area contributed by atoms with E-state index in [1.54, 1.807) is 0 Å². The number of phenols is 4. The number of phenolic OH excluding ortho intramolecular Hbond substituents is 2. The van der Waals surface area contributed by atoms with E-state index in [2.05, 4.69) is 38.1 Å². The molecule has 0 amide bonds. The van der Waals surface area contributed by atoms with Gasteiger partial charge in [-0.15, -0.1) is 0 Å². The number of carboxylic acid groups (broad SMARTS) is 2. The van der Waals surface area contributed by atoms with Crippen molar-refractivity contribution in [1.29, 1.82) is 0 Å². The third-order valence-electron chi connectivity index (χ3n) is 8.65. The predicted octanol–water partition coefficient (Wildman–Crippen LogP) is 8.91. The van der Waals surface area contributed by atoms with Gasteiger partial charge in [0, 0.05) is 11.1 Å². The Kier molecular flexibility index (Phi) is 23.9. The minimum Gasteiger partial charge on any atom is -0.545 e. The van der Waals surface area contributed by atoms with Crippen molar-refractivity contribution in [1.82, 2.24) is 0 Å². The van der Waals surface area contributed by atoms with E-state index in [0.29, 0.717) is 24.0 Å². The number of carbonyl (C=O) groups is 2. The van der Waals surface area contributed by atoms with Gasteiger partial charge in [0.25, 0.3) is 0 Å². The van der Waals surface area contributed by atoms with Crippen molar-refractivity contribution in [2.24, 2.45) is 9.98 Å². The maximum Gasteiger partial charge on any atom is 2.00 e. The summed E-state index contributed by atoms with van der Waals surface area (Å²) in [5.74, 6) is -5.01. The summed E-state index contributed by atoms with van der Waals surface area (Å²) in [6, 6.07) is 26.1. The molecule has 56 heavy (non-hydrogen) atoms. The maximum absolute atomic E-state index is 10.8. The van der Waals surface area contributed by atoms with Crippen LogP contribution < -0.4 is 10.2 Å². The van der Waals surface area contributed by atoms with E-state index in [4.69, 9.17) is 20.2 Å². The average Bonchev–Trinajstić information content (AvgIpc) is 3.18. The molecule has 0 bridgehead atoms. The van der Waals surface area contributed by atoms with E-state index in [1.165, 1.54) is 49.9 Å². The second kappa shape index (κ2) is 27.4. The number of hydrogen-bond donors (Lipinski definition) is 4. The van der Waals surface area contributed by atoms with Crippen molar-refractivity contribution >= 4 is 34.7 Å². The molecule has 304 valence electrons. The van der Waals surface area contributed by atoms with Crippen LogP contribution in [0.25, 0.3) is 0 Å². The number of benzene rings is 4. The van der Waals surface area contributed by atoms with Gasteiger partial charge in [0.15, 0.2) is 23.0 Å². The van der Waals surface area contributed by atoms with Crippen LogP contribution in [0, 0.1) is 0 Å². The van der Waals surface area contributed by atoms with E-state index in [9.17, 15) is 30.0 Å². The fourth-order valence-corrected chi connectivity index (χ4v) is 5.58. The minimum atomic E-state index is -1.46. The van der Waals surface area contributed by atoms with E-state index in [-0.39, 0.29) is 27.6 Å². The Morgan fingerprint density at radius 2 is 0.857 bits per heavy atom. The van der Waals surface area contributed by atoms with Crippen LogP contribution in [-0.4, -0.2) is 43.8 Å². The molecule has 4 aromatic rings. The summed E-state index contributed by atoms with van der Waals surface area (Å²) in [5, 5.41) is 58.6. The molecule has 0 unspecified atom stereocenters. The third kappa shape index (κ3) is 16.7. The Labute approximate surface area is 341 Å². The van der Waals surface area contributed by atoms with Crippen molar-refractivity contribution in [2.75, 3.05) is 0 Å². The topological polar surface area (TPSA) is 186 Å². The molecule has 0 radical (unpaired) electrons. The van der Waals surface area contributed by atoms with Crippen LogP contribution in [0.1, 0.15) is 130 Å². The van der Waals surface area contributed by atoms with Crippen LogP contribution >= 0.6 is 0 Å². The molecule has 0 heterocycles. The average molecular weight is 812 g/mol. The Morgan fingerprint density at radius 1 is 0.500 bits per heavy atom. The quantitative estimate of drug-likeness (QED) is 0.0332. The second-order valence-electron chi connectivity index (χ2n) is 13.1. The van der Waals surface area contributed by atoms with E-state index in [1.807, 2.05) is 50.2 Å². The van der Waals surface area contributed by atoms with Crippen molar-refractivity contribution in [2.45, 2.75) is 111 Å². The largest absolute Gasteiger partial charge is 2.00 e. The van der Waals surface area contributed by atoms with Crippen LogP contribution in [0.3, 0.4) is 0 Å². The van der Waals surface area contributed by atoms with Crippen molar-refractivity contribution < 1.29 is 56.7 Å². The standard InChI is InChI=1S/C23H30N2.2C11H14O4.Ni/c1-3-5-9-19-23(25-21-16-12-8-13-17-21)22(18-6-4-2)24-20-14-10-7-11-15-20;2*1-2-3-4-7-5-6-8(12)10(13)9(7)11(14)15;/h7-8,10-17H,3-6,9,18-19H2,1-2H3;2*5-6,12-13H,2-4H2,1H3,(H,14,15);/q;;;+2/p-2. The van der Waals surface area contributed by atoms with Gasteiger partial charge in [0.2, 0.25) is 0 Å². The van der Waals surface area contributed by atoms with E-state index in [0.717, 1.165) is 67.7 Å². The smallest absolute Gasteiger partial charge is 0.545 e. The van der Waals surface area contributed by atoms with Gasteiger partial charge in [0.05, 0.1) is 34.7 Å². The number of rotatable bonds is 18. The minimum absolute atomic E-state index is 0. The Morgan fingerprint density at radius 3 is 1.20 bits per heavy atom. The predicted molar refractivity (Wildman–Crippen MR) is 216 cm³/mol. The summed E-state index contributed by atoms with van der Waals surface area (Å²) < 4.78 is 0. The molecule has 0 aliphatic rings. The number of carbonyl (C=O) groups excluding carboxylic acids is 2. The fourth-order valence-electron chi connectivity index (χ4n) is 5.58. The Balaban J connectivity index is 0.000000440. The summed E-state index contributed by atoms with van der Waals surface area (Å²) >= 11 is 0. The number of hydrogen-bond acceptors (Lipinski definition) is 10. The maximum atomic E-state index is 10.8. The molecule has 0 aromatic heterocycles. The molecule has 0 aliphatic heterocycles. The first kappa shape index (κ1) is 48.9. The number of carboxylic acids is 2. The Hall–Kier alpha value is -5.15. The molecule has 4 rings (SSSR count). The normalized spacial score (nSPS) is 11.0. The molecule has 0 saturated heterocycles. The summed E-state index contributed by atoms with van der Waals surface area (Å²) in [4.78, 5) is 31.5. The van der Waals surface area contributed by atoms with Gasteiger partial charge in [-0.2, -0.15) is 0 Å². The Bertz CT molecular complexity index is 1760. The molecular formula is C45H56N2NiO8. The van der Waals surface area contributed by atoms with Gasteiger partial charge >= 0.3 is 16.5 Å².